The number of primary amides is 1. The number of urea groups is 1. The topological polar surface area (TPSA) is 108 Å². The van der Waals surface area contributed by atoms with Crippen LogP contribution in [-0.4, -0.2) is 31.1 Å². The molecule has 0 bridgehead atoms. The van der Waals surface area contributed by atoms with Gasteiger partial charge in [0.25, 0.3) is 5.91 Å². The van der Waals surface area contributed by atoms with Gasteiger partial charge in [-0.2, -0.15) is 0 Å². The fourth-order valence-electron chi connectivity index (χ4n) is 1.85. The number of carbonyl (C=O) groups excluding carboxylic acids is 3. The van der Waals surface area contributed by atoms with Crippen molar-refractivity contribution in [2.24, 2.45) is 11.7 Å². The minimum absolute atomic E-state index is 0.208. The highest BCUT2D eigenvalue weighted by molar-refractivity contribution is 5.99. The van der Waals surface area contributed by atoms with Crippen LogP contribution in [0, 0.1) is 12.8 Å². The molecule has 0 saturated carbocycles. The molecular weight excluding hydrogens is 288 g/mol. The van der Waals surface area contributed by atoms with Crippen molar-refractivity contribution in [3.63, 3.8) is 0 Å². The highest BCUT2D eigenvalue weighted by atomic mass is 16.6. The molecule has 7 nitrogen and oxygen atoms in total. The van der Waals surface area contributed by atoms with E-state index in [1.165, 1.54) is 7.11 Å². The van der Waals surface area contributed by atoms with Crippen LogP contribution in [0.5, 0.6) is 5.75 Å². The molecule has 1 atom stereocenters. The summed E-state index contributed by atoms with van der Waals surface area (Å²) in [6, 6.07) is 4.03. The quantitative estimate of drug-likeness (QED) is 0.799. The Bertz CT molecular complexity index is 583. The maximum atomic E-state index is 12.3. The van der Waals surface area contributed by atoms with Gasteiger partial charge in [-0.15, -0.1) is 0 Å². The lowest BCUT2D eigenvalue weighted by Gasteiger charge is -2.20. The number of nitrogens with one attached hydrogen (secondary N) is 1. The van der Waals surface area contributed by atoms with Crippen molar-refractivity contribution < 1.29 is 23.9 Å². The highest BCUT2D eigenvalue weighted by Gasteiger charge is 2.29. The van der Waals surface area contributed by atoms with Crippen LogP contribution in [0.1, 0.15) is 29.8 Å². The van der Waals surface area contributed by atoms with Gasteiger partial charge in [0.15, 0.2) is 6.10 Å². The van der Waals surface area contributed by atoms with Crippen molar-refractivity contribution in [3.8, 4) is 5.75 Å². The van der Waals surface area contributed by atoms with Crippen LogP contribution >= 0.6 is 0 Å². The van der Waals surface area contributed by atoms with Crippen LogP contribution in [0.2, 0.25) is 0 Å². The average molecular weight is 308 g/mol. The summed E-state index contributed by atoms with van der Waals surface area (Å²) in [6.07, 6.45) is -1.13. The Morgan fingerprint density at radius 3 is 2.36 bits per heavy atom. The first-order valence-electron chi connectivity index (χ1n) is 6.72. The molecule has 0 aliphatic carbocycles. The maximum absolute atomic E-state index is 12.3. The van der Waals surface area contributed by atoms with Crippen LogP contribution in [0.15, 0.2) is 18.2 Å². The summed E-state index contributed by atoms with van der Waals surface area (Å²) in [5.41, 5.74) is 5.96. The number of rotatable bonds is 5. The Labute approximate surface area is 128 Å². The number of imide groups is 1. The van der Waals surface area contributed by atoms with E-state index >= 15 is 0 Å². The van der Waals surface area contributed by atoms with E-state index in [0.29, 0.717) is 5.75 Å². The van der Waals surface area contributed by atoms with E-state index in [1.807, 2.05) is 12.2 Å². The molecule has 1 rings (SSSR count). The minimum Gasteiger partial charge on any atom is -0.496 e. The predicted molar refractivity (Wildman–Crippen MR) is 79.5 cm³/mol. The van der Waals surface area contributed by atoms with E-state index in [0.717, 1.165) is 5.56 Å². The van der Waals surface area contributed by atoms with Crippen LogP contribution in [0.4, 0.5) is 4.79 Å². The van der Waals surface area contributed by atoms with E-state index < -0.39 is 24.0 Å². The number of methoxy groups -OCH3 is 1. The summed E-state index contributed by atoms with van der Waals surface area (Å²) < 4.78 is 10.3. The Kier molecular flexibility index (Phi) is 5.91. The molecule has 0 aliphatic rings. The number of aryl methyl sites for hydroxylation is 1. The number of hydrogen-bond acceptors (Lipinski definition) is 5. The zero-order valence-corrected chi connectivity index (χ0v) is 13.0. The van der Waals surface area contributed by atoms with Gasteiger partial charge in [0.2, 0.25) is 0 Å². The number of ether oxygens (including phenoxy) is 2. The summed E-state index contributed by atoms with van der Waals surface area (Å²) >= 11 is 0. The molecule has 3 amide bonds. The minimum atomic E-state index is -1.13. The van der Waals surface area contributed by atoms with Gasteiger partial charge in [0, 0.05) is 0 Å². The monoisotopic (exact) mass is 308 g/mol. The average Bonchev–Trinajstić information content (AvgIpc) is 2.43. The lowest BCUT2D eigenvalue weighted by molar-refractivity contribution is -0.130. The predicted octanol–water partition coefficient (Wildman–Crippen LogP) is 1.38. The number of carbonyl (C=O) groups is 3. The molecule has 3 N–H and O–H groups in total. The summed E-state index contributed by atoms with van der Waals surface area (Å²) in [7, 11) is 1.43. The first kappa shape index (κ1) is 17.5. The standard InChI is InChI=1S/C15H20N2O5/c1-8(2)12(13(18)17-15(16)20)22-14(19)10-7-9(3)5-6-11(10)21-4/h5-8,12H,1-4H3,(H3,16,17,18,20)/t12-/m0/s1. The Balaban J connectivity index is 2.99. The molecule has 0 aromatic heterocycles. The molecule has 1 aromatic carbocycles. The molecule has 0 heterocycles. The molecule has 7 heteroatoms. The van der Waals surface area contributed by atoms with Gasteiger partial charge < -0.3 is 15.2 Å². The molecule has 0 unspecified atom stereocenters. The Morgan fingerprint density at radius 1 is 1.23 bits per heavy atom. The van der Waals surface area contributed by atoms with Crippen molar-refractivity contribution >= 4 is 17.9 Å². The summed E-state index contributed by atoms with van der Waals surface area (Å²) in [5.74, 6) is -1.46. The summed E-state index contributed by atoms with van der Waals surface area (Å²) in [6.45, 7) is 5.19. The van der Waals surface area contributed by atoms with Gasteiger partial charge in [-0.05, 0) is 25.0 Å². The Hall–Kier alpha value is -2.57. The van der Waals surface area contributed by atoms with Crippen molar-refractivity contribution in [2.45, 2.75) is 26.9 Å². The number of benzene rings is 1. The van der Waals surface area contributed by atoms with E-state index in [9.17, 15) is 14.4 Å². The molecule has 0 spiro atoms. The van der Waals surface area contributed by atoms with Crippen LogP contribution < -0.4 is 15.8 Å². The summed E-state index contributed by atoms with van der Waals surface area (Å²) in [5, 5.41) is 1.91. The molecule has 0 saturated heterocycles. The smallest absolute Gasteiger partial charge is 0.342 e. The van der Waals surface area contributed by atoms with Gasteiger partial charge in [-0.3, -0.25) is 10.1 Å². The first-order valence-corrected chi connectivity index (χ1v) is 6.72. The first-order chi connectivity index (χ1) is 10.3. The molecule has 0 aliphatic heterocycles. The lowest BCUT2D eigenvalue weighted by Crippen LogP contribution is -2.45. The largest absolute Gasteiger partial charge is 0.496 e. The fourth-order valence-corrected chi connectivity index (χ4v) is 1.85. The second kappa shape index (κ2) is 7.44. The molecular formula is C15H20N2O5. The SMILES string of the molecule is COc1ccc(C)cc1C(=O)O[C@H](C(=O)NC(N)=O)C(C)C. The van der Waals surface area contributed by atoms with Gasteiger partial charge in [0.1, 0.15) is 11.3 Å². The second-order valence-corrected chi connectivity index (χ2v) is 5.13. The zero-order chi connectivity index (χ0) is 16.9. The van der Waals surface area contributed by atoms with Crippen molar-refractivity contribution in [3.05, 3.63) is 29.3 Å². The number of esters is 1. The Morgan fingerprint density at radius 2 is 1.86 bits per heavy atom. The van der Waals surface area contributed by atoms with E-state index in [-0.39, 0.29) is 11.5 Å². The van der Waals surface area contributed by atoms with E-state index in [2.05, 4.69) is 0 Å². The molecule has 120 valence electrons. The normalized spacial score (nSPS) is 11.7. The van der Waals surface area contributed by atoms with Gasteiger partial charge in [-0.25, -0.2) is 9.59 Å². The third-order valence-electron chi connectivity index (χ3n) is 2.92. The second-order valence-electron chi connectivity index (χ2n) is 5.13. The van der Waals surface area contributed by atoms with E-state index in [1.54, 1.807) is 32.0 Å². The fraction of sp³-hybridized carbons (Fsp3) is 0.400. The van der Waals surface area contributed by atoms with Gasteiger partial charge >= 0.3 is 12.0 Å². The maximum Gasteiger partial charge on any atom is 0.342 e. The third kappa shape index (κ3) is 4.47. The molecule has 0 radical (unpaired) electrons. The van der Waals surface area contributed by atoms with Crippen LogP contribution in [0.3, 0.4) is 0 Å². The molecule has 22 heavy (non-hydrogen) atoms. The van der Waals surface area contributed by atoms with Gasteiger partial charge in [0.05, 0.1) is 7.11 Å². The number of amides is 3. The zero-order valence-electron chi connectivity index (χ0n) is 13.0. The van der Waals surface area contributed by atoms with Gasteiger partial charge in [-0.1, -0.05) is 25.5 Å². The van der Waals surface area contributed by atoms with Crippen LogP contribution in [0.25, 0.3) is 0 Å². The number of hydrogen-bond donors (Lipinski definition) is 2. The highest BCUT2D eigenvalue weighted by Crippen LogP contribution is 2.22. The summed E-state index contributed by atoms with van der Waals surface area (Å²) in [4.78, 5) is 34.9. The lowest BCUT2D eigenvalue weighted by atomic mass is 10.1. The molecule has 1 aromatic rings. The molecule has 0 fully saturated rings. The number of nitrogens with two attached hydrogens (primary N) is 1. The van der Waals surface area contributed by atoms with Crippen molar-refractivity contribution in [2.75, 3.05) is 7.11 Å². The van der Waals surface area contributed by atoms with Crippen molar-refractivity contribution in [1.29, 1.82) is 0 Å². The van der Waals surface area contributed by atoms with Crippen LogP contribution in [-0.2, 0) is 9.53 Å². The van der Waals surface area contributed by atoms with Crippen molar-refractivity contribution in [1.82, 2.24) is 5.32 Å². The third-order valence-corrected chi connectivity index (χ3v) is 2.92. The van der Waals surface area contributed by atoms with E-state index in [4.69, 9.17) is 15.2 Å².